The zero-order valence-electron chi connectivity index (χ0n) is 13.8. The van der Waals surface area contributed by atoms with Crippen molar-refractivity contribution < 1.29 is 18.8 Å². The molecule has 122 valence electrons. The van der Waals surface area contributed by atoms with Crippen molar-refractivity contribution in [3.05, 3.63) is 17.8 Å². The fraction of sp³-hybridized carbons (Fsp3) is 0.533. The molecule has 0 aliphatic carbocycles. The second kappa shape index (κ2) is 11.4. The Bertz CT molecular complexity index is 533. The molecule has 0 aliphatic heterocycles. The molecule has 0 amide bonds. The van der Waals surface area contributed by atoms with E-state index in [1.807, 2.05) is 20.8 Å². The highest BCUT2D eigenvalue weighted by Crippen LogP contribution is 2.13. The second-order valence-corrected chi connectivity index (χ2v) is 3.87. The third kappa shape index (κ3) is 6.92. The lowest BCUT2D eigenvalue weighted by Gasteiger charge is -1.97. The molecule has 0 saturated heterocycles. The van der Waals surface area contributed by atoms with Gasteiger partial charge < -0.3 is 9.26 Å². The topological polar surface area (TPSA) is 94.7 Å². The van der Waals surface area contributed by atoms with Crippen LogP contribution in [-0.4, -0.2) is 35.2 Å². The molecule has 0 radical (unpaired) electrons. The van der Waals surface area contributed by atoms with Crippen molar-refractivity contribution in [2.75, 3.05) is 7.11 Å². The minimum atomic E-state index is -0.544. The van der Waals surface area contributed by atoms with Gasteiger partial charge >= 0.3 is 5.97 Å². The molecule has 0 bridgehead atoms. The first-order valence-electron chi connectivity index (χ1n) is 7.17. The van der Waals surface area contributed by atoms with Crippen LogP contribution >= 0.6 is 0 Å². The van der Waals surface area contributed by atoms with Crippen molar-refractivity contribution in [1.29, 1.82) is 0 Å². The minimum absolute atomic E-state index is 0.163. The monoisotopic (exact) mass is 309 g/mol. The van der Waals surface area contributed by atoms with Gasteiger partial charge in [0.1, 0.15) is 17.9 Å². The standard InChI is InChI=1S/C13H17N3O4.C2H6/c1-4-10(14-5-2)13-15-11(16-20-13)7-6-9(17)8-12(18)19-3;1-2/h4-5H,6-8H2,1-3H3;1-2H3/b10-4-,14-5?;. The summed E-state index contributed by atoms with van der Waals surface area (Å²) in [5.41, 5.74) is 0.576. The number of ketones is 1. The Morgan fingerprint density at radius 3 is 2.55 bits per heavy atom. The van der Waals surface area contributed by atoms with Gasteiger partial charge in [-0.1, -0.05) is 25.1 Å². The molecule has 0 N–H and O–H groups in total. The number of hydrogen-bond donors (Lipinski definition) is 0. The molecule has 0 aromatic carbocycles. The maximum atomic E-state index is 11.5. The maximum Gasteiger partial charge on any atom is 0.313 e. The Hall–Kier alpha value is -2.31. The number of Topliss-reactive ketones (excluding diaryl/α,β-unsaturated/α-hetero) is 1. The fourth-order valence-electron chi connectivity index (χ4n) is 1.42. The first-order valence-corrected chi connectivity index (χ1v) is 7.17. The van der Waals surface area contributed by atoms with Crippen LogP contribution in [0.15, 0.2) is 15.6 Å². The average molecular weight is 309 g/mol. The highest BCUT2D eigenvalue weighted by molar-refractivity contribution is 5.95. The summed E-state index contributed by atoms with van der Waals surface area (Å²) in [5.74, 6) is -0.0526. The summed E-state index contributed by atoms with van der Waals surface area (Å²) in [6.07, 6.45) is 3.61. The normalized spacial score (nSPS) is 11.0. The van der Waals surface area contributed by atoms with Crippen LogP contribution in [0.25, 0.3) is 5.70 Å². The van der Waals surface area contributed by atoms with Crippen LogP contribution in [0.2, 0.25) is 0 Å². The third-order valence-electron chi connectivity index (χ3n) is 2.43. The first kappa shape index (κ1) is 19.7. The molecule has 7 nitrogen and oxygen atoms in total. The number of ether oxygens (including phenoxy) is 1. The molecule has 1 heterocycles. The predicted octanol–water partition coefficient (Wildman–Crippen LogP) is 2.61. The molecule has 22 heavy (non-hydrogen) atoms. The Labute approximate surface area is 130 Å². The molecule has 0 spiro atoms. The largest absolute Gasteiger partial charge is 0.469 e. The Balaban J connectivity index is 0.00000211. The van der Waals surface area contributed by atoms with Crippen LogP contribution in [-0.2, 0) is 20.7 Å². The van der Waals surface area contributed by atoms with E-state index in [0.29, 0.717) is 23.8 Å². The van der Waals surface area contributed by atoms with Crippen LogP contribution in [0.5, 0.6) is 0 Å². The summed E-state index contributed by atoms with van der Waals surface area (Å²) in [6, 6.07) is 0. The van der Waals surface area contributed by atoms with Gasteiger partial charge in [0.25, 0.3) is 5.89 Å². The van der Waals surface area contributed by atoms with Crippen LogP contribution in [0.1, 0.15) is 52.3 Å². The summed E-state index contributed by atoms with van der Waals surface area (Å²) in [6.45, 7) is 7.60. The molecule has 1 aromatic rings. The number of aliphatic imine (C=N–C) groups is 1. The van der Waals surface area contributed by atoms with Crippen LogP contribution < -0.4 is 0 Å². The molecule has 0 saturated carbocycles. The van der Waals surface area contributed by atoms with Gasteiger partial charge in [-0.25, -0.2) is 0 Å². The number of hydrogen-bond acceptors (Lipinski definition) is 7. The first-order chi connectivity index (χ1) is 10.6. The van der Waals surface area contributed by atoms with E-state index < -0.39 is 5.97 Å². The van der Waals surface area contributed by atoms with Crippen molar-refractivity contribution in [2.45, 2.75) is 47.0 Å². The lowest BCUT2D eigenvalue weighted by molar-refractivity contribution is -0.143. The van der Waals surface area contributed by atoms with E-state index in [-0.39, 0.29) is 18.6 Å². The predicted molar refractivity (Wildman–Crippen MR) is 83.4 cm³/mol. The molecule has 0 atom stereocenters. The summed E-state index contributed by atoms with van der Waals surface area (Å²) < 4.78 is 9.48. The molecule has 0 unspecified atom stereocenters. The quantitative estimate of drug-likeness (QED) is 0.436. The molecule has 0 aliphatic rings. The highest BCUT2D eigenvalue weighted by Gasteiger charge is 2.13. The van der Waals surface area contributed by atoms with E-state index in [0.717, 1.165) is 0 Å². The number of aromatic nitrogens is 2. The van der Waals surface area contributed by atoms with Gasteiger partial charge in [0.15, 0.2) is 5.82 Å². The molecule has 0 fully saturated rings. The number of rotatable bonds is 7. The average Bonchev–Trinajstić information content (AvgIpc) is 3.01. The number of carbonyl (C=O) groups is 2. The summed E-state index contributed by atoms with van der Waals surface area (Å²) in [4.78, 5) is 30.6. The summed E-state index contributed by atoms with van der Waals surface area (Å²) in [7, 11) is 1.24. The van der Waals surface area contributed by atoms with Crippen molar-refractivity contribution in [1.82, 2.24) is 10.1 Å². The van der Waals surface area contributed by atoms with Crippen molar-refractivity contribution in [2.24, 2.45) is 4.99 Å². The third-order valence-corrected chi connectivity index (χ3v) is 2.43. The number of allylic oxidation sites excluding steroid dienone is 1. The number of esters is 1. The lowest BCUT2D eigenvalue weighted by atomic mass is 10.1. The fourth-order valence-corrected chi connectivity index (χ4v) is 1.42. The van der Waals surface area contributed by atoms with E-state index in [1.54, 1.807) is 19.2 Å². The van der Waals surface area contributed by atoms with Gasteiger partial charge in [-0.2, -0.15) is 4.98 Å². The Morgan fingerprint density at radius 2 is 2.00 bits per heavy atom. The highest BCUT2D eigenvalue weighted by atomic mass is 16.5. The van der Waals surface area contributed by atoms with Crippen LogP contribution in [0.4, 0.5) is 0 Å². The Kier molecular flexibility index (Phi) is 10.2. The van der Waals surface area contributed by atoms with Crippen molar-refractivity contribution in [3.8, 4) is 0 Å². The number of nitrogens with zero attached hydrogens (tertiary/aromatic N) is 3. The zero-order chi connectivity index (χ0) is 17.0. The van der Waals surface area contributed by atoms with Gasteiger partial charge in [-0.3, -0.25) is 14.6 Å². The number of carbonyl (C=O) groups excluding carboxylic acids is 2. The van der Waals surface area contributed by atoms with E-state index in [9.17, 15) is 9.59 Å². The van der Waals surface area contributed by atoms with E-state index in [4.69, 9.17) is 4.52 Å². The SMILES string of the molecule is CC.CC=N/C(=C\C)c1nc(CCC(=O)CC(=O)OC)no1. The summed E-state index contributed by atoms with van der Waals surface area (Å²) >= 11 is 0. The van der Waals surface area contributed by atoms with Gasteiger partial charge in [-0.05, 0) is 13.8 Å². The lowest BCUT2D eigenvalue weighted by Crippen LogP contribution is -2.10. The van der Waals surface area contributed by atoms with E-state index in [1.165, 1.54) is 7.11 Å². The van der Waals surface area contributed by atoms with Crippen LogP contribution in [0.3, 0.4) is 0 Å². The van der Waals surface area contributed by atoms with Gasteiger partial charge in [0, 0.05) is 19.1 Å². The van der Waals surface area contributed by atoms with E-state index >= 15 is 0 Å². The molecule has 1 aromatic heterocycles. The van der Waals surface area contributed by atoms with Crippen LogP contribution in [0, 0.1) is 0 Å². The van der Waals surface area contributed by atoms with Gasteiger partial charge in [0.2, 0.25) is 0 Å². The minimum Gasteiger partial charge on any atom is -0.469 e. The molecular weight excluding hydrogens is 286 g/mol. The Morgan fingerprint density at radius 1 is 1.32 bits per heavy atom. The second-order valence-electron chi connectivity index (χ2n) is 3.87. The van der Waals surface area contributed by atoms with Crippen molar-refractivity contribution in [3.63, 3.8) is 0 Å². The number of methoxy groups -OCH3 is 1. The molecule has 1 rings (SSSR count). The summed E-state index contributed by atoms with van der Waals surface area (Å²) in [5, 5.41) is 3.77. The molecular formula is C15H23N3O4. The zero-order valence-corrected chi connectivity index (χ0v) is 13.8. The molecule has 7 heteroatoms. The van der Waals surface area contributed by atoms with Gasteiger partial charge in [-0.15, -0.1) is 0 Å². The van der Waals surface area contributed by atoms with E-state index in [2.05, 4.69) is 19.9 Å². The number of aryl methyl sites for hydroxylation is 1. The van der Waals surface area contributed by atoms with Gasteiger partial charge in [0.05, 0.1) is 7.11 Å². The smallest absolute Gasteiger partial charge is 0.313 e. The van der Waals surface area contributed by atoms with Crippen molar-refractivity contribution >= 4 is 23.7 Å². The maximum absolute atomic E-state index is 11.5.